The number of aliphatic hydroxyl groups excluding tert-OH is 1. The number of benzene rings is 2. The summed E-state index contributed by atoms with van der Waals surface area (Å²) in [4.78, 5) is 0. The molecule has 1 aromatic heterocycles. The fraction of sp³-hybridized carbons (Fsp3) is 0.222. The zero-order chi connectivity index (χ0) is 16.2. The first kappa shape index (κ1) is 15.4. The van der Waals surface area contributed by atoms with Crippen molar-refractivity contribution >= 4 is 0 Å². The van der Waals surface area contributed by atoms with E-state index in [-0.39, 0.29) is 12.4 Å². The van der Waals surface area contributed by atoms with Crippen LogP contribution in [0.25, 0.3) is 5.69 Å². The van der Waals surface area contributed by atoms with Gasteiger partial charge >= 0.3 is 0 Å². The van der Waals surface area contributed by atoms with Crippen molar-refractivity contribution in [1.29, 1.82) is 0 Å². The Balaban J connectivity index is 1.86. The van der Waals surface area contributed by atoms with Crippen LogP contribution in [0.15, 0.2) is 48.5 Å². The summed E-state index contributed by atoms with van der Waals surface area (Å²) in [5, 5.41) is 17.6. The van der Waals surface area contributed by atoms with Crippen molar-refractivity contribution in [3.8, 4) is 5.69 Å². The Labute approximate surface area is 134 Å². The molecule has 0 atom stereocenters. The Bertz CT molecular complexity index is 779. The first-order valence-electron chi connectivity index (χ1n) is 7.53. The number of aryl methyl sites for hydroxylation is 2. The first-order chi connectivity index (χ1) is 11.2. The summed E-state index contributed by atoms with van der Waals surface area (Å²) in [5.41, 5.74) is 4.58. The molecule has 118 valence electrons. The van der Waals surface area contributed by atoms with Gasteiger partial charge in [0, 0.05) is 0 Å². The molecule has 4 nitrogen and oxygen atoms in total. The molecule has 0 spiro atoms. The summed E-state index contributed by atoms with van der Waals surface area (Å²) < 4.78 is 14.8. The Morgan fingerprint density at radius 3 is 2.35 bits per heavy atom. The average molecular weight is 311 g/mol. The van der Waals surface area contributed by atoms with Gasteiger partial charge in [0.05, 0.1) is 18.0 Å². The van der Waals surface area contributed by atoms with E-state index in [1.165, 1.54) is 23.3 Å². The van der Waals surface area contributed by atoms with E-state index in [4.69, 9.17) is 0 Å². The molecule has 1 N–H and O–H groups in total. The van der Waals surface area contributed by atoms with E-state index in [2.05, 4.69) is 41.5 Å². The highest BCUT2D eigenvalue weighted by atomic mass is 19.1. The number of rotatable bonds is 5. The third kappa shape index (κ3) is 3.46. The Morgan fingerprint density at radius 2 is 1.70 bits per heavy atom. The minimum Gasteiger partial charge on any atom is -0.390 e. The Hall–Kier alpha value is -2.53. The predicted molar refractivity (Wildman–Crippen MR) is 85.8 cm³/mol. The van der Waals surface area contributed by atoms with Crippen LogP contribution in [-0.2, 0) is 19.4 Å². The van der Waals surface area contributed by atoms with Gasteiger partial charge in [0.15, 0.2) is 0 Å². The average Bonchev–Trinajstić information content (AvgIpc) is 2.98. The molecule has 0 saturated heterocycles. The molecule has 0 amide bonds. The number of hydrogen-bond donors (Lipinski definition) is 1. The lowest BCUT2D eigenvalue weighted by Gasteiger charge is -2.08. The second kappa shape index (κ2) is 6.71. The van der Waals surface area contributed by atoms with Gasteiger partial charge in [0.2, 0.25) is 0 Å². The fourth-order valence-electron chi connectivity index (χ4n) is 2.51. The van der Waals surface area contributed by atoms with Crippen molar-refractivity contribution in [2.24, 2.45) is 0 Å². The highest BCUT2D eigenvalue weighted by molar-refractivity contribution is 5.34. The highest BCUT2D eigenvalue weighted by Gasteiger charge is 2.13. The second-order valence-corrected chi connectivity index (χ2v) is 5.51. The van der Waals surface area contributed by atoms with Gasteiger partial charge in [-0.15, -0.1) is 5.10 Å². The van der Waals surface area contributed by atoms with E-state index in [1.54, 1.807) is 16.8 Å². The Kier molecular flexibility index (Phi) is 4.48. The maximum Gasteiger partial charge on any atom is 0.123 e. The summed E-state index contributed by atoms with van der Waals surface area (Å²) in [5.74, 6) is -0.294. The molecule has 0 saturated carbocycles. The summed E-state index contributed by atoms with van der Waals surface area (Å²) in [6.07, 6.45) is 1.52. The molecular formula is C18H18FN3O. The first-order valence-corrected chi connectivity index (χ1v) is 7.53. The monoisotopic (exact) mass is 311 g/mol. The van der Waals surface area contributed by atoms with Crippen LogP contribution in [0, 0.1) is 12.7 Å². The third-order valence-corrected chi connectivity index (χ3v) is 3.84. The summed E-state index contributed by atoms with van der Waals surface area (Å²) in [6.45, 7) is 1.89. The Morgan fingerprint density at radius 1 is 1.00 bits per heavy atom. The predicted octanol–water partition coefficient (Wildman–Crippen LogP) is 2.99. The van der Waals surface area contributed by atoms with Crippen molar-refractivity contribution in [1.82, 2.24) is 15.0 Å². The molecular weight excluding hydrogens is 293 g/mol. The summed E-state index contributed by atoms with van der Waals surface area (Å²) in [7, 11) is 0. The van der Waals surface area contributed by atoms with E-state index < -0.39 is 0 Å². The minimum atomic E-state index is -0.294. The fourth-order valence-corrected chi connectivity index (χ4v) is 2.51. The van der Waals surface area contributed by atoms with Gasteiger partial charge < -0.3 is 5.11 Å². The zero-order valence-corrected chi connectivity index (χ0v) is 12.9. The molecule has 3 rings (SSSR count). The van der Waals surface area contributed by atoms with Crippen molar-refractivity contribution in [2.75, 3.05) is 0 Å². The van der Waals surface area contributed by atoms with E-state index in [0.29, 0.717) is 12.1 Å². The van der Waals surface area contributed by atoms with Crippen LogP contribution in [0.5, 0.6) is 0 Å². The molecule has 0 aliphatic carbocycles. The number of hydrogen-bond acceptors (Lipinski definition) is 3. The topological polar surface area (TPSA) is 50.9 Å². The lowest BCUT2D eigenvalue weighted by atomic mass is 10.1. The van der Waals surface area contributed by atoms with Crippen LogP contribution in [-0.4, -0.2) is 20.1 Å². The zero-order valence-electron chi connectivity index (χ0n) is 12.9. The molecule has 0 fully saturated rings. The maximum absolute atomic E-state index is 13.1. The molecule has 1 heterocycles. The van der Waals surface area contributed by atoms with Crippen LogP contribution in [0.4, 0.5) is 4.39 Å². The molecule has 0 radical (unpaired) electrons. The largest absolute Gasteiger partial charge is 0.390 e. The third-order valence-electron chi connectivity index (χ3n) is 3.84. The number of aliphatic hydroxyl groups is 1. The van der Waals surface area contributed by atoms with E-state index in [0.717, 1.165) is 17.8 Å². The van der Waals surface area contributed by atoms with Crippen LogP contribution in [0.3, 0.4) is 0 Å². The number of aromatic nitrogens is 3. The van der Waals surface area contributed by atoms with Crippen LogP contribution < -0.4 is 0 Å². The van der Waals surface area contributed by atoms with Crippen LogP contribution in [0.1, 0.15) is 22.5 Å². The molecule has 23 heavy (non-hydrogen) atoms. The number of nitrogens with zero attached hydrogens (tertiary/aromatic N) is 3. The molecule has 3 aromatic rings. The van der Waals surface area contributed by atoms with Crippen molar-refractivity contribution in [3.05, 3.63) is 76.9 Å². The molecule has 0 aliphatic rings. The van der Waals surface area contributed by atoms with Gasteiger partial charge in [0.1, 0.15) is 11.5 Å². The smallest absolute Gasteiger partial charge is 0.123 e. The van der Waals surface area contributed by atoms with E-state index in [1.807, 2.05) is 0 Å². The maximum atomic E-state index is 13.1. The summed E-state index contributed by atoms with van der Waals surface area (Å²) >= 11 is 0. The molecule has 0 unspecified atom stereocenters. The lowest BCUT2D eigenvalue weighted by molar-refractivity contribution is 0.275. The van der Waals surface area contributed by atoms with E-state index >= 15 is 0 Å². The lowest BCUT2D eigenvalue weighted by Crippen LogP contribution is -2.06. The van der Waals surface area contributed by atoms with Crippen molar-refractivity contribution in [2.45, 2.75) is 26.4 Å². The van der Waals surface area contributed by atoms with Crippen molar-refractivity contribution in [3.63, 3.8) is 0 Å². The SMILES string of the molecule is Cc1ccc(CCc2c(CO)nnn2-c2ccc(F)cc2)cc1. The van der Waals surface area contributed by atoms with Crippen LogP contribution >= 0.6 is 0 Å². The van der Waals surface area contributed by atoms with Gasteiger partial charge in [-0.2, -0.15) is 0 Å². The van der Waals surface area contributed by atoms with Gasteiger partial charge in [-0.1, -0.05) is 35.0 Å². The standard InChI is InChI=1S/C18H18FN3O/c1-13-2-4-14(5-3-13)6-11-18-17(12-23)20-21-22(18)16-9-7-15(19)8-10-16/h2-5,7-10,23H,6,11-12H2,1H3. The molecule has 0 bridgehead atoms. The number of halogens is 1. The highest BCUT2D eigenvalue weighted by Crippen LogP contribution is 2.16. The van der Waals surface area contributed by atoms with Gasteiger partial charge in [-0.05, 0) is 49.6 Å². The van der Waals surface area contributed by atoms with Gasteiger partial charge in [0.25, 0.3) is 0 Å². The van der Waals surface area contributed by atoms with Gasteiger partial charge in [-0.3, -0.25) is 0 Å². The second-order valence-electron chi connectivity index (χ2n) is 5.51. The van der Waals surface area contributed by atoms with Crippen LogP contribution in [0.2, 0.25) is 0 Å². The quantitative estimate of drug-likeness (QED) is 0.788. The van der Waals surface area contributed by atoms with Crippen molar-refractivity contribution < 1.29 is 9.50 Å². The minimum absolute atomic E-state index is 0.162. The molecule has 0 aliphatic heterocycles. The molecule has 2 aromatic carbocycles. The van der Waals surface area contributed by atoms with Gasteiger partial charge in [-0.25, -0.2) is 9.07 Å². The summed E-state index contributed by atoms with van der Waals surface area (Å²) in [6, 6.07) is 14.4. The van der Waals surface area contributed by atoms with E-state index in [9.17, 15) is 9.50 Å². The molecule has 5 heteroatoms. The normalized spacial score (nSPS) is 10.9.